The second-order valence-corrected chi connectivity index (χ2v) is 8.84. The summed E-state index contributed by atoms with van der Waals surface area (Å²) < 4.78 is 26.9. The zero-order valence-corrected chi connectivity index (χ0v) is 16.7. The largest absolute Gasteiger partial charge is 0.343 e. The van der Waals surface area contributed by atoms with Gasteiger partial charge in [-0.05, 0) is 61.4 Å². The summed E-state index contributed by atoms with van der Waals surface area (Å²) in [5.74, 6) is -0.298. The van der Waals surface area contributed by atoms with Gasteiger partial charge >= 0.3 is 0 Å². The molecule has 0 saturated carbocycles. The van der Waals surface area contributed by atoms with Gasteiger partial charge in [-0.15, -0.1) is 0 Å². The number of nitrogens with one attached hydrogen (secondary N) is 1. The van der Waals surface area contributed by atoms with Crippen LogP contribution in [0, 0.1) is 13.8 Å². The number of benzene rings is 2. The number of nitrogens with zero attached hydrogens (tertiary/aromatic N) is 2. The molecule has 0 bridgehead atoms. The van der Waals surface area contributed by atoms with E-state index < -0.39 is 10.0 Å². The highest BCUT2D eigenvalue weighted by Crippen LogP contribution is 2.19. The van der Waals surface area contributed by atoms with E-state index in [1.54, 1.807) is 4.90 Å². The zero-order valence-electron chi connectivity index (χ0n) is 15.9. The summed E-state index contributed by atoms with van der Waals surface area (Å²) in [5, 5.41) is 2.84. The van der Waals surface area contributed by atoms with E-state index in [-0.39, 0.29) is 23.9 Å². The van der Waals surface area contributed by atoms with Gasteiger partial charge in [-0.2, -0.15) is 4.31 Å². The van der Waals surface area contributed by atoms with Gasteiger partial charge in [-0.3, -0.25) is 9.59 Å². The first kappa shape index (κ1) is 20.0. The second kappa shape index (κ2) is 8.12. The Bertz CT molecular complexity index is 959. The minimum Gasteiger partial charge on any atom is -0.343 e. The Morgan fingerprint density at radius 3 is 2.07 bits per heavy atom. The fraction of sp³-hybridized carbons (Fsp3) is 0.300. The monoisotopic (exact) mass is 401 g/mol. The molecule has 0 aromatic heterocycles. The summed E-state index contributed by atoms with van der Waals surface area (Å²) in [4.78, 5) is 24.9. The van der Waals surface area contributed by atoms with Crippen LogP contribution in [-0.4, -0.2) is 56.1 Å². The van der Waals surface area contributed by atoms with Crippen molar-refractivity contribution >= 4 is 28.0 Å². The fourth-order valence-corrected chi connectivity index (χ4v) is 4.65. The average molecular weight is 401 g/mol. The second-order valence-electron chi connectivity index (χ2n) is 6.90. The predicted molar refractivity (Wildman–Crippen MR) is 107 cm³/mol. The minimum atomic E-state index is -3.65. The number of sulfonamides is 1. The van der Waals surface area contributed by atoms with Crippen molar-refractivity contribution in [3.63, 3.8) is 0 Å². The van der Waals surface area contributed by atoms with Crippen molar-refractivity contribution in [1.29, 1.82) is 0 Å². The van der Waals surface area contributed by atoms with Crippen LogP contribution in [0.5, 0.6) is 0 Å². The molecular weight excluding hydrogens is 378 g/mol. The van der Waals surface area contributed by atoms with Gasteiger partial charge in [-0.25, -0.2) is 8.42 Å². The maximum Gasteiger partial charge on any atom is 0.255 e. The Morgan fingerprint density at radius 1 is 0.964 bits per heavy atom. The zero-order chi connectivity index (χ0) is 20.3. The fourth-order valence-electron chi connectivity index (χ4n) is 3.23. The lowest BCUT2D eigenvalue weighted by Crippen LogP contribution is -2.47. The van der Waals surface area contributed by atoms with E-state index in [4.69, 9.17) is 0 Å². The van der Waals surface area contributed by atoms with Crippen LogP contribution in [0.15, 0.2) is 47.4 Å². The van der Waals surface area contributed by atoms with Gasteiger partial charge in [0.1, 0.15) is 0 Å². The van der Waals surface area contributed by atoms with Crippen LogP contribution >= 0.6 is 0 Å². The molecule has 2 aromatic rings. The van der Waals surface area contributed by atoms with Crippen molar-refractivity contribution in [1.82, 2.24) is 9.21 Å². The van der Waals surface area contributed by atoms with E-state index >= 15 is 0 Å². The quantitative estimate of drug-likeness (QED) is 0.777. The molecule has 0 unspecified atom stereocenters. The van der Waals surface area contributed by atoms with E-state index in [9.17, 15) is 18.0 Å². The van der Waals surface area contributed by atoms with Gasteiger partial charge in [-0.1, -0.05) is 6.07 Å². The van der Waals surface area contributed by atoms with Gasteiger partial charge in [0.25, 0.3) is 5.91 Å². The third-order valence-electron chi connectivity index (χ3n) is 4.66. The molecule has 2 aromatic carbocycles. The molecule has 28 heavy (non-hydrogen) atoms. The smallest absolute Gasteiger partial charge is 0.255 e. The Balaban J connectivity index is 1.72. The molecule has 2 amide bonds. The molecule has 1 saturated heterocycles. The number of carbonyl (C=O) groups excluding carboxylic acids is 2. The van der Waals surface area contributed by atoms with E-state index in [1.165, 1.54) is 28.6 Å². The Kier molecular flexibility index (Phi) is 5.81. The van der Waals surface area contributed by atoms with Crippen LogP contribution in [0.3, 0.4) is 0 Å². The first-order valence-corrected chi connectivity index (χ1v) is 10.4. The van der Waals surface area contributed by atoms with E-state index in [0.29, 0.717) is 24.3 Å². The molecule has 1 fully saturated rings. The highest BCUT2D eigenvalue weighted by atomic mass is 32.2. The summed E-state index contributed by atoms with van der Waals surface area (Å²) in [5.41, 5.74) is 3.17. The number of hydrogen-bond acceptors (Lipinski definition) is 4. The number of hydrogen-bond donors (Lipinski definition) is 1. The van der Waals surface area contributed by atoms with E-state index in [0.717, 1.165) is 17.5 Å². The maximum absolute atomic E-state index is 12.7. The van der Waals surface area contributed by atoms with Crippen molar-refractivity contribution in [3.8, 4) is 0 Å². The number of carbonyl (C=O) groups is 2. The summed E-state index contributed by atoms with van der Waals surface area (Å²) in [6.45, 7) is 5.18. The molecule has 3 rings (SSSR count). The maximum atomic E-state index is 12.7. The van der Waals surface area contributed by atoms with E-state index in [2.05, 4.69) is 5.32 Å². The van der Waals surface area contributed by atoms with E-state index in [1.807, 2.05) is 32.0 Å². The first-order chi connectivity index (χ1) is 13.3. The molecule has 1 N–H and O–H groups in total. The van der Waals surface area contributed by atoms with Crippen LogP contribution in [0.1, 0.15) is 21.5 Å². The van der Waals surface area contributed by atoms with Crippen LogP contribution in [0.4, 0.5) is 5.69 Å². The summed E-state index contributed by atoms with van der Waals surface area (Å²) in [6, 6.07) is 11.7. The molecule has 0 aliphatic carbocycles. The van der Waals surface area contributed by atoms with Gasteiger partial charge < -0.3 is 10.2 Å². The lowest BCUT2D eigenvalue weighted by molar-refractivity contribution is -0.119. The Morgan fingerprint density at radius 2 is 1.54 bits per heavy atom. The molecule has 1 aliphatic heterocycles. The third-order valence-corrected chi connectivity index (χ3v) is 6.57. The summed E-state index contributed by atoms with van der Waals surface area (Å²) >= 11 is 0. The number of aryl methyl sites for hydroxylation is 2. The Hall–Kier alpha value is -2.71. The van der Waals surface area contributed by atoms with Crippen LogP contribution in [-0.2, 0) is 14.8 Å². The van der Waals surface area contributed by atoms with Gasteiger partial charge in [0.15, 0.2) is 0 Å². The molecule has 0 atom stereocenters. The highest BCUT2D eigenvalue weighted by Gasteiger charge is 2.28. The number of rotatable bonds is 5. The molecule has 7 nitrogen and oxygen atoms in total. The van der Waals surface area contributed by atoms with Gasteiger partial charge in [0, 0.05) is 37.4 Å². The number of amides is 2. The highest BCUT2D eigenvalue weighted by molar-refractivity contribution is 7.89. The van der Waals surface area contributed by atoms with Gasteiger partial charge in [0.05, 0.1) is 4.90 Å². The van der Waals surface area contributed by atoms with Crippen molar-refractivity contribution in [2.75, 3.05) is 31.5 Å². The molecule has 1 aliphatic rings. The predicted octanol–water partition coefficient (Wildman–Crippen LogP) is 2.02. The summed E-state index contributed by atoms with van der Waals surface area (Å²) in [7, 11) is -3.65. The van der Waals surface area contributed by atoms with Crippen molar-refractivity contribution in [2.45, 2.75) is 18.7 Å². The molecular formula is C20H23N3O4S. The lowest BCUT2D eigenvalue weighted by Gasteiger charge is -2.31. The van der Waals surface area contributed by atoms with Crippen molar-refractivity contribution in [3.05, 3.63) is 59.2 Å². The van der Waals surface area contributed by atoms with Crippen LogP contribution in [0.2, 0.25) is 0 Å². The summed E-state index contributed by atoms with van der Waals surface area (Å²) in [6.07, 6.45) is 0.729. The topological polar surface area (TPSA) is 86.8 Å². The van der Waals surface area contributed by atoms with Crippen molar-refractivity contribution < 1.29 is 18.0 Å². The Labute approximate surface area is 165 Å². The molecule has 148 valence electrons. The molecule has 0 radical (unpaired) electrons. The number of anilines is 1. The average Bonchev–Trinajstić information content (AvgIpc) is 2.67. The normalized spacial score (nSPS) is 15.3. The van der Waals surface area contributed by atoms with Crippen LogP contribution < -0.4 is 5.32 Å². The molecule has 8 heteroatoms. The number of piperazine rings is 1. The SMILES string of the molecule is Cc1cc(C)cc(NC(=O)c2ccc(S(=O)(=O)N3CCN(C=O)CC3)cc2)c1. The van der Waals surface area contributed by atoms with Crippen LogP contribution in [0.25, 0.3) is 0 Å². The minimum absolute atomic E-state index is 0.134. The molecule has 0 spiro atoms. The lowest BCUT2D eigenvalue weighted by atomic mass is 10.1. The first-order valence-electron chi connectivity index (χ1n) is 8.99. The van der Waals surface area contributed by atoms with Gasteiger partial charge in [0.2, 0.25) is 16.4 Å². The molecule has 1 heterocycles. The van der Waals surface area contributed by atoms with Crippen molar-refractivity contribution in [2.24, 2.45) is 0 Å². The standard InChI is InChI=1S/C20H23N3O4S/c1-15-11-16(2)13-18(12-15)21-20(25)17-3-5-19(6-4-17)28(26,27)23-9-7-22(14-24)8-10-23/h3-6,11-14H,7-10H2,1-2H3,(H,21,25). The third kappa shape index (κ3) is 4.40.